The molecule has 0 N–H and O–H groups in total. The van der Waals surface area contributed by atoms with Gasteiger partial charge in [0.2, 0.25) is 0 Å². The van der Waals surface area contributed by atoms with Gasteiger partial charge >= 0.3 is 0 Å². The van der Waals surface area contributed by atoms with Crippen molar-refractivity contribution in [1.82, 2.24) is 0 Å². The molecule has 0 heterocycles. The first-order chi connectivity index (χ1) is 3.21. The average molecular weight is 122 g/mol. The SMILES string of the molecule is [Si]C1([Si])[CH]CC[CH]1. The molecule has 0 nitrogen and oxygen atoms in total. The topological polar surface area (TPSA) is 0 Å². The van der Waals surface area contributed by atoms with Gasteiger partial charge in [-0.3, -0.25) is 0 Å². The van der Waals surface area contributed by atoms with E-state index >= 15 is 0 Å². The molecular weight excluding hydrogens is 116 g/mol. The molecule has 1 fully saturated rings. The highest BCUT2D eigenvalue weighted by Crippen LogP contribution is 2.35. The lowest BCUT2D eigenvalue weighted by atomic mass is 10.3. The second-order valence-electron chi connectivity index (χ2n) is 1.85. The fraction of sp³-hybridized carbons (Fsp3) is 0.600. The summed E-state index contributed by atoms with van der Waals surface area (Å²) in [6.07, 6.45) is 6.77. The zero-order chi connectivity index (χ0) is 5.33. The molecule has 1 aliphatic rings. The van der Waals surface area contributed by atoms with Crippen LogP contribution in [-0.4, -0.2) is 20.5 Å². The Morgan fingerprint density at radius 2 is 1.57 bits per heavy atom. The van der Waals surface area contributed by atoms with E-state index in [1.54, 1.807) is 0 Å². The van der Waals surface area contributed by atoms with Crippen molar-refractivity contribution in [1.29, 1.82) is 0 Å². The smallest absolute Gasteiger partial charge is 0.0270 e. The summed E-state index contributed by atoms with van der Waals surface area (Å²) in [6.45, 7) is 0. The zero-order valence-corrected chi connectivity index (χ0v) is 6.07. The minimum atomic E-state index is 0.0556. The van der Waals surface area contributed by atoms with Crippen LogP contribution in [-0.2, 0) is 0 Å². The van der Waals surface area contributed by atoms with Crippen LogP contribution in [0.1, 0.15) is 12.8 Å². The lowest BCUT2D eigenvalue weighted by Crippen LogP contribution is -2.06. The normalized spacial score (nSPS) is 28.3. The third-order valence-corrected chi connectivity index (χ3v) is 1.92. The van der Waals surface area contributed by atoms with Crippen LogP contribution in [0.15, 0.2) is 0 Å². The highest BCUT2D eigenvalue weighted by Gasteiger charge is 2.23. The van der Waals surface area contributed by atoms with E-state index in [2.05, 4.69) is 33.3 Å². The van der Waals surface area contributed by atoms with Crippen molar-refractivity contribution in [3.05, 3.63) is 12.8 Å². The Hall–Kier alpha value is 0.434. The number of hydrogen-bond donors (Lipinski definition) is 0. The number of hydrogen-bond acceptors (Lipinski definition) is 0. The minimum absolute atomic E-state index is 0.0556. The molecule has 7 heavy (non-hydrogen) atoms. The van der Waals surface area contributed by atoms with E-state index in [0.29, 0.717) is 0 Å². The lowest BCUT2D eigenvalue weighted by molar-refractivity contribution is 1.05. The second-order valence-corrected chi connectivity index (χ2v) is 4.01. The predicted octanol–water partition coefficient (Wildman–Crippen LogP) is 0.642. The average Bonchev–Trinajstić information content (AvgIpc) is 1.84. The van der Waals surface area contributed by atoms with E-state index in [9.17, 15) is 0 Å². The Morgan fingerprint density at radius 3 is 1.71 bits per heavy atom. The number of rotatable bonds is 0. The van der Waals surface area contributed by atoms with Crippen molar-refractivity contribution in [2.75, 3.05) is 0 Å². The summed E-state index contributed by atoms with van der Waals surface area (Å²) in [5.41, 5.74) is 0. The molecule has 2 heteroatoms. The molecule has 0 aromatic carbocycles. The van der Waals surface area contributed by atoms with Gasteiger partial charge in [0.05, 0.1) is 0 Å². The first-order valence-electron chi connectivity index (χ1n) is 2.39. The van der Waals surface area contributed by atoms with E-state index in [0.717, 1.165) is 0 Å². The van der Waals surface area contributed by atoms with E-state index in [1.165, 1.54) is 12.8 Å². The highest BCUT2D eigenvalue weighted by atomic mass is 28.2. The third-order valence-electron chi connectivity index (χ3n) is 1.10. The van der Waals surface area contributed by atoms with Gasteiger partial charge in [0.1, 0.15) is 0 Å². The molecule has 34 valence electrons. The van der Waals surface area contributed by atoms with Crippen molar-refractivity contribution in [2.24, 2.45) is 0 Å². The van der Waals surface area contributed by atoms with Crippen LogP contribution in [0.4, 0.5) is 0 Å². The van der Waals surface area contributed by atoms with Crippen molar-refractivity contribution in [3.63, 3.8) is 0 Å². The Balaban J connectivity index is 2.40. The fourth-order valence-electron chi connectivity index (χ4n) is 0.705. The molecule has 0 spiro atoms. The summed E-state index contributed by atoms with van der Waals surface area (Å²) in [4.78, 5) is 0. The molecule has 0 aromatic heterocycles. The molecule has 0 bridgehead atoms. The van der Waals surface area contributed by atoms with Crippen LogP contribution >= 0.6 is 0 Å². The van der Waals surface area contributed by atoms with Crippen molar-refractivity contribution in [2.45, 2.75) is 17.5 Å². The van der Waals surface area contributed by atoms with E-state index < -0.39 is 0 Å². The van der Waals surface area contributed by atoms with Gasteiger partial charge in [-0.1, -0.05) is 0 Å². The van der Waals surface area contributed by atoms with Gasteiger partial charge in [-0.05, 0) is 30.3 Å². The summed E-state index contributed by atoms with van der Waals surface area (Å²) in [5, 5.41) is 0. The zero-order valence-electron chi connectivity index (χ0n) is 4.07. The summed E-state index contributed by atoms with van der Waals surface area (Å²) >= 11 is 0. The van der Waals surface area contributed by atoms with Crippen LogP contribution in [0.3, 0.4) is 0 Å². The molecule has 1 saturated carbocycles. The second kappa shape index (κ2) is 1.74. The first-order valence-corrected chi connectivity index (χ1v) is 3.39. The predicted molar refractivity (Wildman–Crippen MR) is 32.0 cm³/mol. The monoisotopic (exact) mass is 122 g/mol. The summed E-state index contributed by atoms with van der Waals surface area (Å²) in [5.74, 6) is 0. The molecule has 0 atom stereocenters. The van der Waals surface area contributed by atoms with Gasteiger partial charge in [0, 0.05) is 20.5 Å². The molecule has 1 aliphatic carbocycles. The van der Waals surface area contributed by atoms with Gasteiger partial charge in [-0.15, -0.1) is 0 Å². The van der Waals surface area contributed by atoms with Gasteiger partial charge in [-0.25, -0.2) is 0 Å². The summed E-state index contributed by atoms with van der Waals surface area (Å²) in [6, 6.07) is 0. The first kappa shape index (κ1) is 5.57. The fourth-order valence-corrected chi connectivity index (χ4v) is 1.28. The van der Waals surface area contributed by atoms with Crippen molar-refractivity contribution < 1.29 is 0 Å². The van der Waals surface area contributed by atoms with E-state index in [1.807, 2.05) is 0 Å². The lowest BCUT2D eigenvalue weighted by Gasteiger charge is -2.12. The Kier molecular flexibility index (Phi) is 1.39. The molecule has 0 aromatic rings. The van der Waals surface area contributed by atoms with E-state index in [4.69, 9.17) is 0 Å². The van der Waals surface area contributed by atoms with Crippen LogP contribution in [0.2, 0.25) is 4.66 Å². The third kappa shape index (κ3) is 1.42. The van der Waals surface area contributed by atoms with E-state index in [-0.39, 0.29) is 4.66 Å². The Labute approximate surface area is 51.5 Å². The molecule has 0 aliphatic heterocycles. The van der Waals surface area contributed by atoms with Crippen LogP contribution in [0.25, 0.3) is 0 Å². The maximum atomic E-state index is 3.49. The molecule has 0 saturated heterocycles. The van der Waals surface area contributed by atoms with Gasteiger partial charge < -0.3 is 0 Å². The minimum Gasteiger partial charge on any atom is -0.0500 e. The Morgan fingerprint density at radius 1 is 1.14 bits per heavy atom. The molecule has 1 rings (SSSR count). The maximum absolute atomic E-state index is 3.49. The molecular formula is C5H6Si2. The highest BCUT2D eigenvalue weighted by molar-refractivity contribution is 6.42. The quantitative estimate of drug-likeness (QED) is 0.414. The molecule has 0 amide bonds. The van der Waals surface area contributed by atoms with Gasteiger partial charge in [-0.2, -0.15) is 0 Å². The van der Waals surface area contributed by atoms with Crippen LogP contribution in [0, 0.1) is 12.8 Å². The molecule has 0 unspecified atom stereocenters. The largest absolute Gasteiger partial charge is 0.0500 e. The van der Waals surface area contributed by atoms with Crippen LogP contribution < -0.4 is 0 Å². The standard InChI is InChI=1S/C5H6Si2/c6-5(7)3-1-2-4-5/h3-4H,1-2H2. The summed E-state index contributed by atoms with van der Waals surface area (Å²) in [7, 11) is 6.98. The van der Waals surface area contributed by atoms with Gasteiger partial charge in [0.25, 0.3) is 0 Å². The maximum Gasteiger partial charge on any atom is 0.0270 e. The van der Waals surface area contributed by atoms with Crippen LogP contribution in [0.5, 0.6) is 0 Å². The summed E-state index contributed by atoms with van der Waals surface area (Å²) < 4.78 is 0.0556. The Bertz CT molecular complexity index is 60.5. The van der Waals surface area contributed by atoms with Gasteiger partial charge in [0.15, 0.2) is 0 Å². The van der Waals surface area contributed by atoms with Crippen molar-refractivity contribution >= 4 is 20.5 Å². The molecule has 8 radical (unpaired) electrons. The van der Waals surface area contributed by atoms with Crippen molar-refractivity contribution in [3.8, 4) is 0 Å².